The Morgan fingerprint density at radius 1 is 1.50 bits per heavy atom. The zero-order chi connectivity index (χ0) is 7.03. The van der Waals surface area contributed by atoms with Gasteiger partial charge in [-0.05, 0) is 25.9 Å². The van der Waals surface area contributed by atoms with Gasteiger partial charge in [-0.1, -0.05) is 6.92 Å². The number of nitrogens with one attached hydrogen (secondary N) is 1. The maximum absolute atomic E-state index is 3.44. The standard InChI is InChI=1S/C8H16N2/c1-2-10-6-4-8(10)3-5-9-7-8/h9H,2-7H2,1H3/t8-/m1/s1. The van der Waals surface area contributed by atoms with Gasteiger partial charge in [0, 0.05) is 18.6 Å². The zero-order valence-electron chi connectivity index (χ0n) is 6.69. The summed E-state index contributed by atoms with van der Waals surface area (Å²) in [6.45, 7) is 7.30. The highest BCUT2D eigenvalue weighted by Crippen LogP contribution is 2.35. The molecule has 2 nitrogen and oxygen atoms in total. The van der Waals surface area contributed by atoms with E-state index in [2.05, 4.69) is 17.1 Å². The minimum atomic E-state index is 0.606. The molecule has 2 saturated heterocycles. The van der Waals surface area contributed by atoms with E-state index in [0.29, 0.717) is 5.54 Å². The summed E-state index contributed by atoms with van der Waals surface area (Å²) in [6, 6.07) is 0. The van der Waals surface area contributed by atoms with Gasteiger partial charge in [0.1, 0.15) is 0 Å². The van der Waals surface area contributed by atoms with Crippen molar-refractivity contribution in [3.63, 3.8) is 0 Å². The second kappa shape index (κ2) is 2.21. The molecule has 2 aliphatic rings. The molecule has 0 bridgehead atoms. The van der Waals surface area contributed by atoms with Crippen LogP contribution in [0.2, 0.25) is 0 Å². The third-order valence-corrected chi connectivity index (χ3v) is 3.12. The van der Waals surface area contributed by atoms with Gasteiger partial charge in [0.25, 0.3) is 0 Å². The van der Waals surface area contributed by atoms with E-state index < -0.39 is 0 Å². The molecule has 2 heteroatoms. The highest BCUT2D eigenvalue weighted by atomic mass is 15.3. The van der Waals surface area contributed by atoms with Gasteiger partial charge in [0.05, 0.1) is 0 Å². The van der Waals surface area contributed by atoms with E-state index in [-0.39, 0.29) is 0 Å². The fourth-order valence-corrected chi connectivity index (χ4v) is 2.29. The van der Waals surface area contributed by atoms with Crippen LogP contribution in [-0.4, -0.2) is 36.6 Å². The Labute approximate surface area is 62.6 Å². The monoisotopic (exact) mass is 140 g/mol. The highest BCUT2D eigenvalue weighted by molar-refractivity contribution is 5.04. The maximum atomic E-state index is 3.44. The molecule has 0 aromatic rings. The summed E-state index contributed by atoms with van der Waals surface area (Å²) in [6.07, 6.45) is 2.80. The number of likely N-dealkylation sites (N-methyl/N-ethyl adjacent to an activating group) is 1. The van der Waals surface area contributed by atoms with E-state index in [0.717, 1.165) is 0 Å². The van der Waals surface area contributed by atoms with Crippen molar-refractivity contribution in [2.24, 2.45) is 0 Å². The summed E-state index contributed by atoms with van der Waals surface area (Å²) >= 11 is 0. The first-order chi connectivity index (χ1) is 4.87. The summed E-state index contributed by atoms with van der Waals surface area (Å²) in [5, 5.41) is 3.44. The van der Waals surface area contributed by atoms with E-state index in [4.69, 9.17) is 0 Å². The van der Waals surface area contributed by atoms with E-state index in [9.17, 15) is 0 Å². The minimum Gasteiger partial charge on any atom is -0.315 e. The van der Waals surface area contributed by atoms with Gasteiger partial charge in [-0.2, -0.15) is 0 Å². The van der Waals surface area contributed by atoms with E-state index in [1.54, 1.807) is 0 Å². The molecular formula is C8H16N2. The van der Waals surface area contributed by atoms with Crippen molar-refractivity contribution in [1.29, 1.82) is 0 Å². The SMILES string of the molecule is CCN1CC[C@@]12CCNC2. The summed E-state index contributed by atoms with van der Waals surface area (Å²) in [5.41, 5.74) is 0.606. The van der Waals surface area contributed by atoms with Gasteiger partial charge in [0.15, 0.2) is 0 Å². The lowest BCUT2D eigenvalue weighted by atomic mass is 9.84. The lowest BCUT2D eigenvalue weighted by Crippen LogP contribution is -2.60. The molecule has 0 aliphatic carbocycles. The second-order valence-electron chi connectivity index (χ2n) is 3.48. The molecule has 58 valence electrons. The first-order valence-corrected chi connectivity index (χ1v) is 4.33. The molecule has 0 unspecified atom stereocenters. The van der Waals surface area contributed by atoms with Crippen molar-refractivity contribution in [2.45, 2.75) is 25.3 Å². The van der Waals surface area contributed by atoms with Crippen LogP contribution in [0.25, 0.3) is 0 Å². The molecule has 0 aromatic carbocycles. The quantitative estimate of drug-likeness (QED) is 0.568. The van der Waals surface area contributed by atoms with Gasteiger partial charge in [-0.25, -0.2) is 0 Å². The number of hydrogen-bond acceptors (Lipinski definition) is 2. The fraction of sp³-hybridized carbons (Fsp3) is 1.00. The van der Waals surface area contributed by atoms with Crippen LogP contribution < -0.4 is 5.32 Å². The molecule has 1 spiro atoms. The minimum absolute atomic E-state index is 0.606. The third kappa shape index (κ3) is 0.722. The van der Waals surface area contributed by atoms with Crippen molar-refractivity contribution in [2.75, 3.05) is 26.2 Å². The first kappa shape index (κ1) is 6.62. The molecule has 1 atom stereocenters. The van der Waals surface area contributed by atoms with Crippen LogP contribution in [0.1, 0.15) is 19.8 Å². The van der Waals surface area contributed by atoms with Gasteiger partial charge < -0.3 is 5.32 Å². The van der Waals surface area contributed by atoms with E-state index in [1.807, 2.05) is 0 Å². The van der Waals surface area contributed by atoms with Crippen LogP contribution in [0.5, 0.6) is 0 Å². The van der Waals surface area contributed by atoms with Gasteiger partial charge in [-0.3, -0.25) is 4.90 Å². The molecular weight excluding hydrogens is 124 g/mol. The number of likely N-dealkylation sites (tertiary alicyclic amines) is 1. The maximum Gasteiger partial charge on any atom is 0.0358 e. The van der Waals surface area contributed by atoms with Crippen LogP contribution in [0, 0.1) is 0 Å². The Kier molecular flexibility index (Phi) is 1.46. The van der Waals surface area contributed by atoms with Gasteiger partial charge in [-0.15, -0.1) is 0 Å². The Bertz CT molecular complexity index is 125. The van der Waals surface area contributed by atoms with Crippen LogP contribution in [-0.2, 0) is 0 Å². The molecule has 0 radical (unpaired) electrons. The Morgan fingerprint density at radius 2 is 2.40 bits per heavy atom. The average molecular weight is 140 g/mol. The van der Waals surface area contributed by atoms with Crippen molar-refractivity contribution >= 4 is 0 Å². The lowest BCUT2D eigenvalue weighted by Gasteiger charge is -2.50. The van der Waals surface area contributed by atoms with E-state index >= 15 is 0 Å². The largest absolute Gasteiger partial charge is 0.315 e. The Hall–Kier alpha value is -0.0800. The third-order valence-electron chi connectivity index (χ3n) is 3.12. The zero-order valence-corrected chi connectivity index (χ0v) is 6.69. The lowest BCUT2D eigenvalue weighted by molar-refractivity contribution is 0.00710. The molecule has 0 saturated carbocycles. The number of hydrogen-bond donors (Lipinski definition) is 1. The Morgan fingerprint density at radius 3 is 2.80 bits per heavy atom. The average Bonchev–Trinajstić information content (AvgIpc) is 2.35. The normalized spacial score (nSPS) is 40.5. The molecule has 2 heterocycles. The molecule has 10 heavy (non-hydrogen) atoms. The highest BCUT2D eigenvalue weighted by Gasteiger charge is 2.45. The van der Waals surface area contributed by atoms with Gasteiger partial charge in [0.2, 0.25) is 0 Å². The number of nitrogens with zero attached hydrogens (tertiary/aromatic N) is 1. The second-order valence-corrected chi connectivity index (χ2v) is 3.48. The van der Waals surface area contributed by atoms with Crippen molar-refractivity contribution in [3.8, 4) is 0 Å². The topological polar surface area (TPSA) is 15.3 Å². The summed E-state index contributed by atoms with van der Waals surface area (Å²) in [7, 11) is 0. The molecule has 2 aliphatic heterocycles. The molecule has 2 rings (SSSR count). The molecule has 2 fully saturated rings. The fourth-order valence-electron chi connectivity index (χ4n) is 2.29. The van der Waals surface area contributed by atoms with Crippen LogP contribution in [0.4, 0.5) is 0 Å². The van der Waals surface area contributed by atoms with Crippen LogP contribution in [0.15, 0.2) is 0 Å². The van der Waals surface area contributed by atoms with Crippen LogP contribution >= 0.6 is 0 Å². The summed E-state index contributed by atoms with van der Waals surface area (Å²) < 4.78 is 0. The predicted molar refractivity (Wildman–Crippen MR) is 42.1 cm³/mol. The molecule has 1 N–H and O–H groups in total. The van der Waals surface area contributed by atoms with E-state index in [1.165, 1.54) is 39.0 Å². The van der Waals surface area contributed by atoms with Crippen molar-refractivity contribution in [3.05, 3.63) is 0 Å². The smallest absolute Gasteiger partial charge is 0.0358 e. The van der Waals surface area contributed by atoms with Crippen LogP contribution in [0.3, 0.4) is 0 Å². The first-order valence-electron chi connectivity index (χ1n) is 4.33. The van der Waals surface area contributed by atoms with Crippen molar-refractivity contribution < 1.29 is 0 Å². The summed E-state index contributed by atoms with van der Waals surface area (Å²) in [5.74, 6) is 0. The molecule has 0 amide bonds. The number of rotatable bonds is 1. The molecule has 0 aromatic heterocycles. The van der Waals surface area contributed by atoms with Gasteiger partial charge >= 0.3 is 0 Å². The summed E-state index contributed by atoms with van der Waals surface area (Å²) in [4.78, 5) is 2.60. The Balaban J connectivity index is 2.01. The van der Waals surface area contributed by atoms with Crippen molar-refractivity contribution in [1.82, 2.24) is 10.2 Å². The predicted octanol–water partition coefficient (Wildman–Crippen LogP) is 0.444.